The third-order valence-electron chi connectivity index (χ3n) is 3.70. The van der Waals surface area contributed by atoms with Crippen molar-refractivity contribution in [3.8, 4) is 0 Å². The van der Waals surface area contributed by atoms with Crippen LogP contribution in [-0.2, 0) is 4.79 Å². The van der Waals surface area contributed by atoms with Gasteiger partial charge in [0.15, 0.2) is 0 Å². The maximum Gasteiger partial charge on any atom is 0.320 e. The molecule has 0 radical (unpaired) electrons. The largest absolute Gasteiger partial charge is 0.481 e. The van der Waals surface area contributed by atoms with Crippen molar-refractivity contribution in [1.82, 2.24) is 9.80 Å². The fraction of sp³-hybridized carbons (Fsp3) is 0.818. The number of rotatable bonds is 1. The lowest BCUT2D eigenvalue weighted by Crippen LogP contribution is -2.42. The van der Waals surface area contributed by atoms with Gasteiger partial charge in [0, 0.05) is 32.2 Å². The molecule has 3 atom stereocenters. The molecule has 3 unspecified atom stereocenters. The van der Waals surface area contributed by atoms with Gasteiger partial charge in [0.2, 0.25) is 0 Å². The van der Waals surface area contributed by atoms with E-state index in [0.29, 0.717) is 26.2 Å². The van der Waals surface area contributed by atoms with E-state index in [1.54, 1.807) is 9.80 Å². The number of nitrogens with two attached hydrogens (primary N) is 1. The summed E-state index contributed by atoms with van der Waals surface area (Å²) in [5.74, 6) is -1.23. The standard InChI is InChI=1S/C11H19N3O3/c1-7-4-14(6-9(7)10(15)16)11(17)13-3-2-8(12)5-13/h7-9H,2-6,12H2,1H3,(H,15,16). The summed E-state index contributed by atoms with van der Waals surface area (Å²) in [5.41, 5.74) is 5.76. The summed E-state index contributed by atoms with van der Waals surface area (Å²) in [6, 6.07) is 0.00259. The highest BCUT2D eigenvalue weighted by molar-refractivity contribution is 5.78. The van der Waals surface area contributed by atoms with E-state index in [4.69, 9.17) is 10.8 Å². The van der Waals surface area contributed by atoms with Crippen LogP contribution in [0.1, 0.15) is 13.3 Å². The Bertz CT molecular complexity index is 334. The zero-order chi connectivity index (χ0) is 12.6. The van der Waals surface area contributed by atoms with Crippen molar-refractivity contribution in [1.29, 1.82) is 0 Å². The molecule has 2 fully saturated rings. The Balaban J connectivity index is 1.96. The Morgan fingerprint density at radius 3 is 2.41 bits per heavy atom. The smallest absolute Gasteiger partial charge is 0.320 e. The molecule has 2 rings (SSSR count). The third kappa shape index (κ3) is 2.36. The maximum absolute atomic E-state index is 12.1. The molecule has 0 aromatic heterocycles. The van der Waals surface area contributed by atoms with E-state index in [0.717, 1.165) is 6.42 Å². The number of amides is 2. The molecule has 0 saturated carbocycles. The van der Waals surface area contributed by atoms with Gasteiger partial charge in [-0.25, -0.2) is 4.79 Å². The van der Waals surface area contributed by atoms with E-state index >= 15 is 0 Å². The van der Waals surface area contributed by atoms with Crippen molar-refractivity contribution in [2.45, 2.75) is 19.4 Å². The highest BCUT2D eigenvalue weighted by atomic mass is 16.4. The van der Waals surface area contributed by atoms with Gasteiger partial charge in [0.25, 0.3) is 0 Å². The Hall–Kier alpha value is -1.30. The summed E-state index contributed by atoms with van der Waals surface area (Å²) in [6.45, 7) is 3.99. The lowest BCUT2D eigenvalue weighted by molar-refractivity contribution is -0.142. The first-order chi connectivity index (χ1) is 7.99. The van der Waals surface area contributed by atoms with Gasteiger partial charge in [0.1, 0.15) is 0 Å². The number of urea groups is 1. The summed E-state index contributed by atoms with van der Waals surface area (Å²) in [6.07, 6.45) is 0.831. The summed E-state index contributed by atoms with van der Waals surface area (Å²) in [4.78, 5) is 26.5. The van der Waals surface area contributed by atoms with Gasteiger partial charge in [-0.2, -0.15) is 0 Å². The summed E-state index contributed by atoms with van der Waals surface area (Å²) >= 11 is 0. The Morgan fingerprint density at radius 2 is 1.94 bits per heavy atom. The first-order valence-electron chi connectivity index (χ1n) is 6.01. The van der Waals surface area contributed by atoms with E-state index in [1.807, 2.05) is 6.92 Å². The predicted molar refractivity (Wildman–Crippen MR) is 61.4 cm³/mol. The first kappa shape index (κ1) is 12.2. The number of carboxylic acid groups (broad SMARTS) is 1. The normalized spacial score (nSPS) is 33.2. The molecule has 17 heavy (non-hydrogen) atoms. The van der Waals surface area contributed by atoms with E-state index in [-0.39, 0.29) is 18.0 Å². The van der Waals surface area contributed by atoms with E-state index < -0.39 is 11.9 Å². The van der Waals surface area contributed by atoms with Crippen LogP contribution in [0.4, 0.5) is 4.79 Å². The number of carboxylic acids is 1. The van der Waals surface area contributed by atoms with Crippen molar-refractivity contribution >= 4 is 12.0 Å². The second-order valence-corrected chi connectivity index (χ2v) is 5.10. The molecule has 0 aromatic carbocycles. The molecule has 6 nitrogen and oxygen atoms in total. The molecule has 2 saturated heterocycles. The minimum Gasteiger partial charge on any atom is -0.481 e. The highest BCUT2D eigenvalue weighted by Gasteiger charge is 2.39. The fourth-order valence-corrected chi connectivity index (χ4v) is 2.61. The van der Waals surface area contributed by atoms with E-state index in [1.165, 1.54) is 0 Å². The van der Waals surface area contributed by atoms with Crippen LogP contribution in [0.25, 0.3) is 0 Å². The Morgan fingerprint density at radius 1 is 1.24 bits per heavy atom. The molecular weight excluding hydrogens is 222 g/mol. The molecule has 0 aliphatic carbocycles. The molecule has 2 aliphatic rings. The summed E-state index contributed by atoms with van der Waals surface area (Å²) in [5, 5.41) is 9.02. The van der Waals surface area contributed by atoms with Crippen LogP contribution in [0.15, 0.2) is 0 Å². The maximum atomic E-state index is 12.1. The van der Waals surface area contributed by atoms with Crippen LogP contribution in [0, 0.1) is 11.8 Å². The van der Waals surface area contributed by atoms with Crippen LogP contribution in [0.5, 0.6) is 0 Å². The van der Waals surface area contributed by atoms with Crippen molar-refractivity contribution in [2.24, 2.45) is 17.6 Å². The van der Waals surface area contributed by atoms with Gasteiger partial charge in [-0.3, -0.25) is 4.79 Å². The number of likely N-dealkylation sites (tertiary alicyclic amines) is 2. The zero-order valence-electron chi connectivity index (χ0n) is 10.0. The molecular formula is C11H19N3O3. The summed E-state index contributed by atoms with van der Waals surface area (Å²) in [7, 11) is 0. The number of hydrogen-bond acceptors (Lipinski definition) is 3. The van der Waals surface area contributed by atoms with Crippen LogP contribution in [0.3, 0.4) is 0 Å². The molecule has 0 aromatic rings. The van der Waals surface area contributed by atoms with Crippen LogP contribution in [0.2, 0.25) is 0 Å². The van der Waals surface area contributed by atoms with Crippen LogP contribution < -0.4 is 5.73 Å². The SMILES string of the molecule is CC1CN(C(=O)N2CCC(N)C2)CC1C(=O)O. The van der Waals surface area contributed by atoms with Crippen molar-refractivity contribution in [3.63, 3.8) is 0 Å². The van der Waals surface area contributed by atoms with E-state index in [9.17, 15) is 9.59 Å². The van der Waals surface area contributed by atoms with Crippen LogP contribution in [-0.4, -0.2) is 59.1 Å². The van der Waals surface area contributed by atoms with Crippen molar-refractivity contribution in [2.75, 3.05) is 26.2 Å². The average molecular weight is 241 g/mol. The zero-order valence-corrected chi connectivity index (χ0v) is 10.0. The molecule has 6 heteroatoms. The molecule has 2 aliphatic heterocycles. The lowest BCUT2D eigenvalue weighted by Gasteiger charge is -2.24. The van der Waals surface area contributed by atoms with Gasteiger partial charge < -0.3 is 20.6 Å². The lowest BCUT2D eigenvalue weighted by atomic mass is 9.99. The number of nitrogens with zero attached hydrogens (tertiary/aromatic N) is 2. The molecule has 2 amide bonds. The fourth-order valence-electron chi connectivity index (χ4n) is 2.61. The first-order valence-corrected chi connectivity index (χ1v) is 6.01. The van der Waals surface area contributed by atoms with Crippen LogP contribution >= 0.6 is 0 Å². The Labute approximate surface area is 100 Å². The number of hydrogen-bond donors (Lipinski definition) is 2. The monoisotopic (exact) mass is 241 g/mol. The van der Waals surface area contributed by atoms with Gasteiger partial charge >= 0.3 is 12.0 Å². The van der Waals surface area contributed by atoms with Gasteiger partial charge in [-0.05, 0) is 12.3 Å². The predicted octanol–water partition coefficient (Wildman–Crippen LogP) is -0.208. The highest BCUT2D eigenvalue weighted by Crippen LogP contribution is 2.24. The number of carbonyl (C=O) groups is 2. The average Bonchev–Trinajstić information content (AvgIpc) is 2.83. The molecule has 3 N–H and O–H groups in total. The van der Waals surface area contributed by atoms with Gasteiger partial charge in [-0.1, -0.05) is 6.92 Å². The third-order valence-corrected chi connectivity index (χ3v) is 3.70. The Kier molecular flexibility index (Phi) is 3.24. The molecule has 0 bridgehead atoms. The molecule has 96 valence electrons. The number of aliphatic carboxylic acids is 1. The van der Waals surface area contributed by atoms with Gasteiger partial charge in [-0.15, -0.1) is 0 Å². The molecule has 0 spiro atoms. The van der Waals surface area contributed by atoms with Gasteiger partial charge in [0.05, 0.1) is 5.92 Å². The minimum absolute atomic E-state index is 0.0210. The molecule has 2 heterocycles. The quantitative estimate of drug-likeness (QED) is 0.665. The topological polar surface area (TPSA) is 86.9 Å². The second kappa shape index (κ2) is 4.52. The van der Waals surface area contributed by atoms with Crippen molar-refractivity contribution in [3.05, 3.63) is 0 Å². The van der Waals surface area contributed by atoms with Crippen molar-refractivity contribution < 1.29 is 14.7 Å². The minimum atomic E-state index is -0.814. The second-order valence-electron chi connectivity index (χ2n) is 5.10. The van der Waals surface area contributed by atoms with E-state index in [2.05, 4.69) is 0 Å². The number of carbonyl (C=O) groups excluding carboxylic acids is 1. The summed E-state index contributed by atoms with van der Waals surface area (Å²) < 4.78 is 0.